The van der Waals surface area contributed by atoms with Crippen molar-refractivity contribution >= 4 is 0 Å². The molecule has 1 aromatic heterocycles. The van der Waals surface area contributed by atoms with Crippen LogP contribution in [0.25, 0.3) is 0 Å². The van der Waals surface area contributed by atoms with Gasteiger partial charge >= 0.3 is 5.69 Å². The minimum Gasteiger partial charge on any atom is -0.497 e. The molecule has 2 aliphatic heterocycles. The van der Waals surface area contributed by atoms with Gasteiger partial charge in [0.05, 0.1) is 26.7 Å². The molecule has 7 rings (SSSR count). The number of nitrogens with one attached hydrogen (secondary N) is 1. The molecule has 0 radical (unpaired) electrons. The van der Waals surface area contributed by atoms with E-state index in [1.807, 2.05) is 78.9 Å². The van der Waals surface area contributed by atoms with Crippen molar-refractivity contribution in [2.45, 2.75) is 42.7 Å². The first-order valence-corrected chi connectivity index (χ1v) is 14.1. The number of methoxy groups -OCH3 is 2. The fraction of sp³-hybridized carbons (Fsp3) is 0.333. The third kappa shape index (κ3) is 4.09. The monoisotopic (exact) mass is 584 g/mol. The number of aromatic nitrogens is 2. The van der Waals surface area contributed by atoms with Crippen molar-refractivity contribution in [3.05, 3.63) is 128 Å². The first-order valence-electron chi connectivity index (χ1n) is 14.1. The van der Waals surface area contributed by atoms with Crippen LogP contribution < -0.4 is 20.7 Å². The zero-order chi connectivity index (χ0) is 30.0. The maximum atomic E-state index is 12.8. The smallest absolute Gasteiger partial charge is 0.330 e. The van der Waals surface area contributed by atoms with Crippen LogP contribution in [0, 0.1) is 12.8 Å². The molecule has 0 bridgehead atoms. The fourth-order valence-corrected chi connectivity index (χ4v) is 6.95. The second-order valence-electron chi connectivity index (χ2n) is 11.4. The molecule has 4 aromatic rings. The van der Waals surface area contributed by atoms with Crippen molar-refractivity contribution < 1.29 is 28.8 Å². The Balaban J connectivity index is 1.32. The minimum atomic E-state index is -1.36. The van der Waals surface area contributed by atoms with E-state index in [9.17, 15) is 14.7 Å². The van der Waals surface area contributed by atoms with Gasteiger partial charge in [-0.05, 0) is 47.9 Å². The van der Waals surface area contributed by atoms with Gasteiger partial charge in [-0.2, -0.15) is 0 Å². The van der Waals surface area contributed by atoms with Crippen molar-refractivity contribution in [3.8, 4) is 11.5 Å². The Morgan fingerprint density at radius 3 is 2.05 bits per heavy atom. The van der Waals surface area contributed by atoms with E-state index in [2.05, 4.69) is 4.98 Å². The van der Waals surface area contributed by atoms with Crippen molar-refractivity contribution in [2.75, 3.05) is 20.8 Å². The molecule has 3 aliphatic rings. The van der Waals surface area contributed by atoms with E-state index >= 15 is 0 Å². The molecule has 3 fully saturated rings. The molecule has 0 amide bonds. The Bertz CT molecular complexity index is 1720. The Morgan fingerprint density at radius 1 is 0.907 bits per heavy atom. The summed E-state index contributed by atoms with van der Waals surface area (Å²) in [4.78, 5) is 27.2. The molecular weight excluding hydrogens is 552 g/mol. The van der Waals surface area contributed by atoms with Gasteiger partial charge in [0, 0.05) is 18.2 Å². The lowest BCUT2D eigenvalue weighted by atomic mass is 9.59. The van der Waals surface area contributed by atoms with E-state index in [-0.39, 0.29) is 13.0 Å². The summed E-state index contributed by atoms with van der Waals surface area (Å²) in [6, 6.07) is 25.4. The standard InChI is InChI=1S/C33H32N2O8/c1-20-17-35(30(37)34-28(20)36)29-26-27-31(43-29,18-32(27,38)42-26)19-41-33(21-7-5-4-6-8-21,22-9-13-24(39-2)14-10-22)23-11-15-25(40-3)16-12-23/h4-17,26-27,29,38H,18-19H2,1-3H3,(H,34,36,37). The lowest BCUT2D eigenvalue weighted by Gasteiger charge is -2.63. The number of aromatic amines is 1. The quantitative estimate of drug-likeness (QED) is 0.288. The summed E-state index contributed by atoms with van der Waals surface area (Å²) in [7, 11) is 3.24. The van der Waals surface area contributed by atoms with Gasteiger partial charge < -0.3 is 28.8 Å². The fourth-order valence-electron chi connectivity index (χ4n) is 6.95. The number of ether oxygens (including phenoxy) is 5. The number of aliphatic hydroxyl groups is 1. The third-order valence-corrected chi connectivity index (χ3v) is 9.04. The lowest BCUT2D eigenvalue weighted by molar-refractivity contribution is -0.436. The molecular formula is C33H32N2O8. The number of rotatable bonds is 9. The van der Waals surface area contributed by atoms with E-state index < -0.39 is 46.5 Å². The largest absolute Gasteiger partial charge is 0.497 e. The maximum absolute atomic E-state index is 12.8. The van der Waals surface area contributed by atoms with Crippen LogP contribution in [0.15, 0.2) is 94.6 Å². The highest BCUT2D eigenvalue weighted by Gasteiger charge is 2.82. The average molecular weight is 585 g/mol. The van der Waals surface area contributed by atoms with Crippen LogP contribution in [0.5, 0.6) is 11.5 Å². The SMILES string of the molecule is COc1ccc(C(OCC23CC4(O)OC(C(n5cc(C)c(=O)[nH]c5=O)O2)C43)(c2ccccc2)c2ccc(OC)cc2)cc1. The van der Waals surface area contributed by atoms with Crippen LogP contribution >= 0.6 is 0 Å². The second-order valence-corrected chi connectivity index (χ2v) is 11.4. The summed E-state index contributed by atoms with van der Waals surface area (Å²) in [6.45, 7) is 1.70. The van der Waals surface area contributed by atoms with Gasteiger partial charge in [-0.15, -0.1) is 0 Å². The molecule has 0 spiro atoms. The molecule has 3 heterocycles. The number of H-pyrrole nitrogens is 1. The van der Waals surface area contributed by atoms with Crippen LogP contribution in [0.4, 0.5) is 0 Å². The van der Waals surface area contributed by atoms with Gasteiger partial charge in [0.2, 0.25) is 0 Å². The molecule has 1 saturated carbocycles. The van der Waals surface area contributed by atoms with Crippen LogP contribution in [-0.4, -0.2) is 53.0 Å². The summed E-state index contributed by atoms with van der Waals surface area (Å²) in [6.07, 6.45) is 0.214. The van der Waals surface area contributed by atoms with Crippen molar-refractivity contribution in [1.29, 1.82) is 0 Å². The summed E-state index contributed by atoms with van der Waals surface area (Å²) in [5.74, 6) is -0.370. The van der Waals surface area contributed by atoms with E-state index in [1.54, 1.807) is 21.1 Å². The molecule has 2 N–H and O–H groups in total. The molecule has 2 saturated heterocycles. The van der Waals surface area contributed by atoms with Crippen molar-refractivity contribution in [3.63, 3.8) is 0 Å². The topological polar surface area (TPSA) is 121 Å². The van der Waals surface area contributed by atoms with Crippen LogP contribution in [0.3, 0.4) is 0 Å². The predicted molar refractivity (Wildman–Crippen MR) is 155 cm³/mol. The molecule has 1 aliphatic carbocycles. The maximum Gasteiger partial charge on any atom is 0.330 e. The van der Waals surface area contributed by atoms with E-state index in [0.29, 0.717) is 17.1 Å². The Labute approximate surface area is 247 Å². The highest BCUT2D eigenvalue weighted by Crippen LogP contribution is 2.68. The second kappa shape index (κ2) is 9.92. The Morgan fingerprint density at radius 2 is 1.49 bits per heavy atom. The third-order valence-electron chi connectivity index (χ3n) is 9.04. The minimum absolute atomic E-state index is 0.0837. The number of hydrogen-bond acceptors (Lipinski definition) is 8. The first-order chi connectivity index (χ1) is 20.7. The average Bonchev–Trinajstić information content (AvgIpc) is 3.14. The molecule has 10 heteroatoms. The molecule has 5 unspecified atom stereocenters. The van der Waals surface area contributed by atoms with Crippen LogP contribution in [-0.2, 0) is 19.8 Å². The number of benzene rings is 3. The molecule has 43 heavy (non-hydrogen) atoms. The number of hydrogen-bond donors (Lipinski definition) is 2. The molecule has 10 nitrogen and oxygen atoms in total. The summed E-state index contributed by atoms with van der Waals surface area (Å²) in [5.41, 5.74) is -0.118. The van der Waals surface area contributed by atoms with Crippen LogP contribution in [0.1, 0.15) is 34.9 Å². The van der Waals surface area contributed by atoms with Crippen molar-refractivity contribution in [2.24, 2.45) is 5.92 Å². The summed E-state index contributed by atoms with van der Waals surface area (Å²) in [5, 5.41) is 11.1. The van der Waals surface area contributed by atoms with E-state index in [4.69, 9.17) is 23.7 Å². The van der Waals surface area contributed by atoms with Gasteiger partial charge in [0.25, 0.3) is 5.56 Å². The summed E-state index contributed by atoms with van der Waals surface area (Å²) >= 11 is 0. The van der Waals surface area contributed by atoms with E-state index in [0.717, 1.165) is 16.7 Å². The van der Waals surface area contributed by atoms with Crippen molar-refractivity contribution in [1.82, 2.24) is 9.55 Å². The predicted octanol–water partition coefficient (Wildman–Crippen LogP) is 3.25. The lowest BCUT2D eigenvalue weighted by Crippen LogP contribution is -2.77. The highest BCUT2D eigenvalue weighted by molar-refractivity contribution is 5.50. The molecule has 3 aromatic carbocycles. The Hall–Kier alpha value is -4.22. The first kappa shape index (κ1) is 27.6. The zero-order valence-electron chi connectivity index (χ0n) is 24.0. The molecule has 5 atom stereocenters. The van der Waals surface area contributed by atoms with Gasteiger partial charge in [0.1, 0.15) is 28.8 Å². The van der Waals surface area contributed by atoms with E-state index in [1.165, 1.54) is 10.8 Å². The van der Waals surface area contributed by atoms with Crippen LogP contribution in [0.2, 0.25) is 0 Å². The normalized spacial score (nSPS) is 27.1. The van der Waals surface area contributed by atoms with Gasteiger partial charge in [-0.25, -0.2) is 4.79 Å². The van der Waals surface area contributed by atoms with Gasteiger partial charge in [0.15, 0.2) is 12.0 Å². The molecule has 222 valence electrons. The number of nitrogens with zero attached hydrogens (tertiary/aromatic N) is 1. The Kier molecular flexibility index (Phi) is 6.37. The van der Waals surface area contributed by atoms with Gasteiger partial charge in [-0.3, -0.25) is 14.3 Å². The number of aryl methyl sites for hydroxylation is 1. The summed E-state index contributed by atoms with van der Waals surface area (Å²) < 4.78 is 31.8. The zero-order valence-corrected chi connectivity index (χ0v) is 24.0. The highest BCUT2D eigenvalue weighted by atomic mass is 16.7. The van der Waals surface area contributed by atoms with Gasteiger partial charge in [-0.1, -0.05) is 54.6 Å².